The maximum Gasteiger partial charge on any atom is 0.272 e. The van der Waals surface area contributed by atoms with Crippen molar-refractivity contribution < 1.29 is 9.72 Å². The first kappa shape index (κ1) is 16.9. The molecular formula is C16H22N4O3. The lowest BCUT2D eigenvalue weighted by Crippen LogP contribution is -2.29. The van der Waals surface area contributed by atoms with Gasteiger partial charge in [-0.05, 0) is 18.4 Å². The zero-order valence-corrected chi connectivity index (χ0v) is 13.5. The number of nitrogens with one attached hydrogen (secondary N) is 2. The average Bonchev–Trinajstić information content (AvgIpc) is 2.97. The van der Waals surface area contributed by atoms with Gasteiger partial charge in [0.2, 0.25) is 0 Å². The molecule has 0 spiro atoms. The Morgan fingerprint density at radius 2 is 2.22 bits per heavy atom. The van der Waals surface area contributed by atoms with Crippen LogP contribution < -0.4 is 5.32 Å². The Labute approximate surface area is 134 Å². The van der Waals surface area contributed by atoms with Gasteiger partial charge in [-0.2, -0.15) is 5.10 Å². The number of hydrogen-bond donors (Lipinski definition) is 2. The van der Waals surface area contributed by atoms with Gasteiger partial charge >= 0.3 is 0 Å². The molecule has 0 aliphatic rings. The molecular weight excluding hydrogens is 296 g/mol. The standard InChI is InChI=1S/C16H22N4O3/c1-3-5-6-11(4-2)10-17-16(21)15-13-9-12(20(22)23)7-8-14(13)18-19-15/h7-9,11H,3-6,10H2,1-2H3,(H,17,21)(H,18,19). The number of carbonyl (C=O) groups excluding carboxylic acids is 1. The molecule has 2 N–H and O–H groups in total. The number of amides is 1. The number of non-ortho nitro benzene ring substituents is 1. The molecule has 1 unspecified atom stereocenters. The van der Waals surface area contributed by atoms with Crippen molar-refractivity contribution in [3.05, 3.63) is 34.0 Å². The molecule has 1 heterocycles. The van der Waals surface area contributed by atoms with E-state index >= 15 is 0 Å². The van der Waals surface area contributed by atoms with E-state index in [1.54, 1.807) is 6.07 Å². The van der Waals surface area contributed by atoms with E-state index < -0.39 is 4.92 Å². The highest BCUT2D eigenvalue weighted by molar-refractivity contribution is 6.05. The van der Waals surface area contributed by atoms with E-state index in [0.717, 1.165) is 25.7 Å². The number of aromatic amines is 1. The van der Waals surface area contributed by atoms with E-state index in [4.69, 9.17) is 0 Å². The van der Waals surface area contributed by atoms with Gasteiger partial charge in [0.15, 0.2) is 5.69 Å². The Morgan fingerprint density at radius 1 is 1.43 bits per heavy atom. The highest BCUT2D eigenvalue weighted by atomic mass is 16.6. The molecule has 7 nitrogen and oxygen atoms in total. The van der Waals surface area contributed by atoms with Gasteiger partial charge in [-0.1, -0.05) is 33.1 Å². The third-order valence-corrected chi connectivity index (χ3v) is 4.07. The SMILES string of the molecule is CCCCC(CC)CNC(=O)c1n[nH]c2ccc([N+](=O)[O-])cc12. The Bertz CT molecular complexity index is 696. The molecule has 0 saturated heterocycles. The Morgan fingerprint density at radius 3 is 2.87 bits per heavy atom. The van der Waals surface area contributed by atoms with E-state index in [2.05, 4.69) is 29.4 Å². The molecule has 0 fully saturated rings. The van der Waals surface area contributed by atoms with Gasteiger partial charge in [-0.15, -0.1) is 0 Å². The number of fused-ring (bicyclic) bond motifs is 1. The minimum absolute atomic E-state index is 0.0534. The van der Waals surface area contributed by atoms with Gasteiger partial charge in [0, 0.05) is 24.1 Å². The van der Waals surface area contributed by atoms with Crippen LogP contribution in [-0.2, 0) is 0 Å². The third kappa shape index (κ3) is 4.06. The number of nitro benzene ring substituents is 1. The summed E-state index contributed by atoms with van der Waals surface area (Å²) in [7, 11) is 0. The van der Waals surface area contributed by atoms with E-state index in [1.165, 1.54) is 12.1 Å². The van der Waals surface area contributed by atoms with E-state index in [9.17, 15) is 14.9 Å². The highest BCUT2D eigenvalue weighted by Gasteiger charge is 2.18. The number of nitrogens with zero attached hydrogens (tertiary/aromatic N) is 2. The van der Waals surface area contributed by atoms with E-state index in [0.29, 0.717) is 23.4 Å². The predicted molar refractivity (Wildman–Crippen MR) is 88.4 cm³/mol. The second kappa shape index (κ2) is 7.71. The number of aromatic nitrogens is 2. The van der Waals surface area contributed by atoms with Gasteiger partial charge in [-0.25, -0.2) is 0 Å². The Hall–Kier alpha value is -2.44. The summed E-state index contributed by atoms with van der Waals surface area (Å²) in [6.45, 7) is 4.85. The van der Waals surface area contributed by atoms with Crippen LogP contribution in [-0.4, -0.2) is 27.6 Å². The van der Waals surface area contributed by atoms with Crippen LogP contribution in [0.5, 0.6) is 0 Å². The van der Waals surface area contributed by atoms with Crippen LogP contribution >= 0.6 is 0 Å². The van der Waals surface area contributed by atoms with E-state index in [1.807, 2.05) is 0 Å². The molecule has 1 aromatic heterocycles. The van der Waals surface area contributed by atoms with Gasteiger partial charge < -0.3 is 5.32 Å². The first-order valence-electron chi connectivity index (χ1n) is 7.97. The van der Waals surface area contributed by atoms with Gasteiger partial charge in [-0.3, -0.25) is 20.0 Å². The number of hydrogen-bond acceptors (Lipinski definition) is 4. The lowest BCUT2D eigenvalue weighted by molar-refractivity contribution is -0.384. The zero-order valence-electron chi connectivity index (χ0n) is 13.5. The summed E-state index contributed by atoms with van der Waals surface area (Å²) in [5.74, 6) is 0.144. The van der Waals surface area contributed by atoms with Gasteiger partial charge in [0.1, 0.15) is 0 Å². The highest BCUT2D eigenvalue weighted by Crippen LogP contribution is 2.22. The van der Waals surface area contributed by atoms with Crippen molar-refractivity contribution in [2.45, 2.75) is 39.5 Å². The predicted octanol–water partition coefficient (Wildman–Crippen LogP) is 3.42. The number of nitro groups is 1. The van der Waals surface area contributed by atoms with Crippen LogP contribution in [0, 0.1) is 16.0 Å². The first-order chi connectivity index (χ1) is 11.1. The van der Waals surface area contributed by atoms with Crippen molar-refractivity contribution in [2.75, 3.05) is 6.54 Å². The molecule has 0 bridgehead atoms. The van der Waals surface area contributed by atoms with Crippen molar-refractivity contribution in [2.24, 2.45) is 5.92 Å². The maximum absolute atomic E-state index is 12.3. The summed E-state index contributed by atoms with van der Waals surface area (Å²) in [6, 6.07) is 4.33. The molecule has 0 aliphatic heterocycles. The quantitative estimate of drug-likeness (QED) is 0.575. The van der Waals surface area contributed by atoms with Crippen LogP contribution in [0.1, 0.15) is 50.0 Å². The fourth-order valence-electron chi connectivity index (χ4n) is 2.55. The lowest BCUT2D eigenvalue weighted by atomic mass is 9.99. The van der Waals surface area contributed by atoms with Crippen molar-refractivity contribution in [3.8, 4) is 0 Å². The molecule has 1 aromatic carbocycles. The van der Waals surface area contributed by atoms with Crippen LogP contribution in [0.4, 0.5) is 5.69 Å². The fourth-order valence-corrected chi connectivity index (χ4v) is 2.55. The minimum atomic E-state index is -0.480. The monoisotopic (exact) mass is 318 g/mol. The molecule has 1 atom stereocenters. The molecule has 2 rings (SSSR count). The molecule has 23 heavy (non-hydrogen) atoms. The molecule has 124 valence electrons. The topological polar surface area (TPSA) is 101 Å². The summed E-state index contributed by atoms with van der Waals surface area (Å²) < 4.78 is 0. The lowest BCUT2D eigenvalue weighted by Gasteiger charge is -2.14. The summed E-state index contributed by atoms with van der Waals surface area (Å²) in [4.78, 5) is 22.7. The van der Waals surface area contributed by atoms with Crippen LogP contribution in [0.15, 0.2) is 18.2 Å². The third-order valence-electron chi connectivity index (χ3n) is 4.07. The minimum Gasteiger partial charge on any atom is -0.350 e. The molecule has 0 saturated carbocycles. The van der Waals surface area contributed by atoms with Crippen LogP contribution in [0.2, 0.25) is 0 Å². The smallest absolute Gasteiger partial charge is 0.272 e. The summed E-state index contributed by atoms with van der Waals surface area (Å²) in [5, 5.41) is 21.0. The van der Waals surface area contributed by atoms with Crippen molar-refractivity contribution in [1.82, 2.24) is 15.5 Å². The number of benzene rings is 1. The van der Waals surface area contributed by atoms with Crippen LogP contribution in [0.3, 0.4) is 0 Å². The largest absolute Gasteiger partial charge is 0.350 e. The number of carbonyl (C=O) groups is 1. The Kier molecular flexibility index (Phi) is 5.67. The van der Waals surface area contributed by atoms with Crippen LogP contribution in [0.25, 0.3) is 10.9 Å². The second-order valence-corrected chi connectivity index (χ2v) is 5.69. The van der Waals surface area contributed by atoms with Crippen molar-refractivity contribution in [1.29, 1.82) is 0 Å². The normalized spacial score (nSPS) is 12.3. The fraction of sp³-hybridized carbons (Fsp3) is 0.500. The first-order valence-corrected chi connectivity index (χ1v) is 7.97. The maximum atomic E-state index is 12.3. The number of H-pyrrole nitrogens is 1. The molecule has 2 aromatic rings. The average molecular weight is 318 g/mol. The number of unbranched alkanes of at least 4 members (excludes halogenated alkanes) is 1. The zero-order chi connectivity index (χ0) is 16.8. The molecule has 1 amide bonds. The van der Waals surface area contributed by atoms with Crippen molar-refractivity contribution >= 4 is 22.5 Å². The second-order valence-electron chi connectivity index (χ2n) is 5.69. The molecule has 7 heteroatoms. The summed E-state index contributed by atoms with van der Waals surface area (Å²) >= 11 is 0. The summed E-state index contributed by atoms with van der Waals surface area (Å²) in [6.07, 6.45) is 4.37. The molecule has 0 aliphatic carbocycles. The van der Waals surface area contributed by atoms with Gasteiger partial charge in [0.05, 0.1) is 10.4 Å². The van der Waals surface area contributed by atoms with Crippen molar-refractivity contribution in [3.63, 3.8) is 0 Å². The number of rotatable bonds is 8. The molecule has 0 radical (unpaired) electrons. The van der Waals surface area contributed by atoms with E-state index in [-0.39, 0.29) is 17.3 Å². The Balaban J connectivity index is 2.11. The summed E-state index contributed by atoms with van der Waals surface area (Å²) in [5.41, 5.74) is 0.759. The van der Waals surface area contributed by atoms with Gasteiger partial charge in [0.25, 0.3) is 11.6 Å².